The molecular formula is C10H14N6. The molecule has 2 rings (SSSR count). The van der Waals surface area contributed by atoms with Crippen LogP contribution in [0.3, 0.4) is 0 Å². The van der Waals surface area contributed by atoms with Crippen LogP contribution in [-0.2, 0) is 13.6 Å². The molecule has 6 heteroatoms. The maximum Gasteiger partial charge on any atom is 0.132 e. The maximum atomic E-state index is 5.63. The van der Waals surface area contributed by atoms with Gasteiger partial charge in [0.1, 0.15) is 23.3 Å². The van der Waals surface area contributed by atoms with E-state index >= 15 is 0 Å². The van der Waals surface area contributed by atoms with Gasteiger partial charge in [-0.2, -0.15) is 0 Å². The molecule has 0 unspecified atom stereocenters. The van der Waals surface area contributed by atoms with Gasteiger partial charge in [-0.15, -0.1) is 0 Å². The molecule has 2 aromatic heterocycles. The zero-order chi connectivity index (χ0) is 11.5. The highest BCUT2D eigenvalue weighted by Gasteiger charge is 2.01. The number of nitrogen functional groups attached to an aromatic ring is 1. The van der Waals surface area contributed by atoms with E-state index in [2.05, 4.69) is 20.3 Å². The van der Waals surface area contributed by atoms with E-state index in [0.717, 1.165) is 5.82 Å². The second kappa shape index (κ2) is 4.18. The number of anilines is 2. The van der Waals surface area contributed by atoms with Crippen LogP contribution in [0.4, 0.5) is 11.6 Å². The Labute approximate surface area is 93.6 Å². The number of hydrogen-bond donors (Lipinski definition) is 2. The highest BCUT2D eigenvalue weighted by Crippen LogP contribution is 2.08. The predicted molar refractivity (Wildman–Crippen MR) is 61.7 cm³/mol. The average molecular weight is 218 g/mol. The lowest BCUT2D eigenvalue weighted by molar-refractivity contribution is 0.810. The van der Waals surface area contributed by atoms with Crippen LogP contribution in [0.5, 0.6) is 0 Å². The summed E-state index contributed by atoms with van der Waals surface area (Å²) in [6.45, 7) is 2.42. The molecule has 2 aromatic rings. The molecule has 0 spiro atoms. The van der Waals surface area contributed by atoms with Crippen LogP contribution in [0.1, 0.15) is 11.6 Å². The number of hydrogen-bond acceptors (Lipinski definition) is 5. The maximum absolute atomic E-state index is 5.63. The average Bonchev–Trinajstić information content (AvgIpc) is 2.59. The molecule has 0 bridgehead atoms. The normalized spacial score (nSPS) is 10.4. The quantitative estimate of drug-likeness (QED) is 0.793. The molecule has 3 N–H and O–H groups in total. The minimum Gasteiger partial charge on any atom is -0.384 e. The molecule has 0 saturated heterocycles. The van der Waals surface area contributed by atoms with Crippen molar-refractivity contribution in [1.82, 2.24) is 19.5 Å². The van der Waals surface area contributed by atoms with E-state index in [1.54, 1.807) is 12.3 Å². The van der Waals surface area contributed by atoms with E-state index in [1.807, 2.05) is 24.7 Å². The van der Waals surface area contributed by atoms with Crippen LogP contribution >= 0.6 is 0 Å². The number of nitrogens with one attached hydrogen (secondary N) is 1. The van der Waals surface area contributed by atoms with Gasteiger partial charge >= 0.3 is 0 Å². The minimum atomic E-state index is 0.467. The number of nitrogens with two attached hydrogens (primary N) is 1. The van der Waals surface area contributed by atoms with Crippen molar-refractivity contribution in [2.24, 2.45) is 7.05 Å². The monoisotopic (exact) mass is 218 g/mol. The smallest absolute Gasteiger partial charge is 0.132 e. The third-order valence-corrected chi connectivity index (χ3v) is 2.21. The highest BCUT2D eigenvalue weighted by atomic mass is 15.1. The van der Waals surface area contributed by atoms with Gasteiger partial charge in [0.05, 0.1) is 6.54 Å². The summed E-state index contributed by atoms with van der Waals surface area (Å²) < 4.78 is 1.95. The van der Waals surface area contributed by atoms with Crippen LogP contribution in [0.15, 0.2) is 18.5 Å². The summed E-state index contributed by atoms with van der Waals surface area (Å²) in [6.07, 6.45) is 3.66. The Morgan fingerprint density at radius 2 is 2.25 bits per heavy atom. The van der Waals surface area contributed by atoms with Crippen molar-refractivity contribution >= 4 is 11.6 Å². The van der Waals surface area contributed by atoms with Crippen molar-refractivity contribution in [2.75, 3.05) is 11.1 Å². The molecule has 16 heavy (non-hydrogen) atoms. The Morgan fingerprint density at radius 1 is 1.44 bits per heavy atom. The first-order chi connectivity index (χ1) is 7.65. The summed E-state index contributed by atoms with van der Waals surface area (Å²) in [5.41, 5.74) is 5.63. The zero-order valence-electron chi connectivity index (χ0n) is 9.31. The van der Waals surface area contributed by atoms with Gasteiger partial charge in [0, 0.05) is 25.5 Å². The molecule has 0 saturated carbocycles. The van der Waals surface area contributed by atoms with Gasteiger partial charge in [0.25, 0.3) is 0 Å². The first-order valence-electron chi connectivity index (χ1n) is 4.96. The second-order valence-electron chi connectivity index (χ2n) is 3.53. The largest absolute Gasteiger partial charge is 0.384 e. The molecule has 0 aliphatic heterocycles. The van der Waals surface area contributed by atoms with Gasteiger partial charge < -0.3 is 15.6 Å². The summed E-state index contributed by atoms with van der Waals surface area (Å²) in [6, 6.07) is 1.70. The van der Waals surface area contributed by atoms with Crippen molar-refractivity contribution in [3.63, 3.8) is 0 Å². The van der Waals surface area contributed by atoms with E-state index in [4.69, 9.17) is 5.73 Å². The number of rotatable bonds is 3. The summed E-state index contributed by atoms with van der Waals surface area (Å²) >= 11 is 0. The molecule has 0 amide bonds. The lowest BCUT2D eigenvalue weighted by atomic mass is 10.4. The summed E-state index contributed by atoms with van der Waals surface area (Å²) in [5.74, 6) is 2.78. The number of aromatic nitrogens is 4. The fourth-order valence-corrected chi connectivity index (χ4v) is 1.42. The van der Waals surface area contributed by atoms with Gasteiger partial charge in [0.15, 0.2) is 0 Å². The number of aryl methyl sites for hydroxylation is 2. The zero-order valence-corrected chi connectivity index (χ0v) is 9.31. The molecule has 0 aromatic carbocycles. The van der Waals surface area contributed by atoms with Crippen LogP contribution in [0, 0.1) is 6.92 Å². The van der Waals surface area contributed by atoms with E-state index in [1.165, 1.54) is 0 Å². The van der Waals surface area contributed by atoms with E-state index < -0.39 is 0 Å². The molecule has 2 heterocycles. The Hall–Kier alpha value is -2.11. The molecule has 0 atom stereocenters. The Morgan fingerprint density at radius 3 is 2.88 bits per heavy atom. The molecule has 84 valence electrons. The van der Waals surface area contributed by atoms with Gasteiger partial charge in [-0.05, 0) is 6.92 Å². The molecule has 6 nitrogen and oxygen atoms in total. The topological polar surface area (TPSA) is 81.6 Å². The molecule has 0 radical (unpaired) electrons. The first kappa shape index (κ1) is 10.4. The van der Waals surface area contributed by atoms with Crippen LogP contribution < -0.4 is 11.1 Å². The van der Waals surface area contributed by atoms with Crippen molar-refractivity contribution in [1.29, 1.82) is 0 Å². The molecule has 0 aliphatic carbocycles. The van der Waals surface area contributed by atoms with Gasteiger partial charge in [0.2, 0.25) is 0 Å². The van der Waals surface area contributed by atoms with Crippen molar-refractivity contribution in [2.45, 2.75) is 13.5 Å². The Kier molecular flexibility index (Phi) is 2.72. The van der Waals surface area contributed by atoms with Crippen LogP contribution in [0.2, 0.25) is 0 Å². The standard InChI is InChI=1S/C10H14N6/c1-7-14-8(11)5-9(15-7)13-6-10-12-3-4-16(10)2/h3-5H,6H2,1-2H3,(H3,11,13,14,15). The first-order valence-corrected chi connectivity index (χ1v) is 4.96. The predicted octanol–water partition coefficient (Wildman–Crippen LogP) is 0.713. The van der Waals surface area contributed by atoms with Crippen LogP contribution in [-0.4, -0.2) is 19.5 Å². The summed E-state index contributed by atoms with van der Waals surface area (Å²) in [7, 11) is 1.95. The second-order valence-corrected chi connectivity index (χ2v) is 3.53. The van der Waals surface area contributed by atoms with Gasteiger partial charge in [-0.25, -0.2) is 15.0 Å². The Bertz CT molecular complexity index is 470. The van der Waals surface area contributed by atoms with Crippen molar-refractivity contribution in [3.8, 4) is 0 Å². The van der Waals surface area contributed by atoms with Gasteiger partial charge in [-0.1, -0.05) is 0 Å². The minimum absolute atomic E-state index is 0.467. The lowest BCUT2D eigenvalue weighted by Gasteiger charge is -2.06. The Balaban J connectivity index is 2.07. The molecular weight excluding hydrogens is 204 g/mol. The van der Waals surface area contributed by atoms with E-state index in [0.29, 0.717) is 24.0 Å². The fraction of sp³-hybridized carbons (Fsp3) is 0.300. The lowest BCUT2D eigenvalue weighted by Crippen LogP contribution is -2.08. The van der Waals surface area contributed by atoms with E-state index in [-0.39, 0.29) is 0 Å². The SMILES string of the molecule is Cc1nc(N)cc(NCc2nccn2C)n1. The molecule has 0 aliphatic rings. The number of nitrogens with zero attached hydrogens (tertiary/aromatic N) is 4. The molecule has 0 fully saturated rings. The van der Waals surface area contributed by atoms with Crippen molar-refractivity contribution in [3.05, 3.63) is 30.1 Å². The summed E-state index contributed by atoms with van der Waals surface area (Å²) in [5, 5.41) is 3.16. The highest BCUT2D eigenvalue weighted by molar-refractivity contribution is 5.44. The summed E-state index contributed by atoms with van der Waals surface area (Å²) in [4.78, 5) is 12.4. The van der Waals surface area contributed by atoms with Gasteiger partial charge in [-0.3, -0.25) is 0 Å². The van der Waals surface area contributed by atoms with Crippen LogP contribution in [0.25, 0.3) is 0 Å². The fourth-order valence-electron chi connectivity index (χ4n) is 1.42. The third kappa shape index (κ3) is 2.28. The van der Waals surface area contributed by atoms with Crippen molar-refractivity contribution < 1.29 is 0 Å². The van der Waals surface area contributed by atoms with E-state index in [9.17, 15) is 0 Å². The third-order valence-electron chi connectivity index (χ3n) is 2.21. The number of imidazole rings is 1.